The molecule has 5 heteroatoms. The highest BCUT2D eigenvalue weighted by Crippen LogP contribution is 2.17. The second-order valence-electron chi connectivity index (χ2n) is 7.83. The zero-order chi connectivity index (χ0) is 19.3. The molecule has 1 heterocycles. The Hall–Kier alpha value is -1.72. The van der Waals surface area contributed by atoms with Crippen LogP contribution in [-0.2, 0) is 4.79 Å². The van der Waals surface area contributed by atoms with Crippen LogP contribution in [0.15, 0.2) is 24.3 Å². The number of hydrogen-bond acceptors (Lipinski definition) is 4. The van der Waals surface area contributed by atoms with Crippen LogP contribution in [0.25, 0.3) is 0 Å². The minimum atomic E-state index is 0.0454. The maximum atomic E-state index is 12.6. The van der Waals surface area contributed by atoms with Gasteiger partial charge in [-0.15, -0.1) is 0 Å². The zero-order valence-electron chi connectivity index (χ0n) is 16.9. The predicted octanol–water partition coefficient (Wildman–Crippen LogP) is 2.44. The van der Waals surface area contributed by atoms with Crippen molar-refractivity contribution in [3.63, 3.8) is 0 Å². The van der Waals surface area contributed by atoms with Gasteiger partial charge in [-0.05, 0) is 34.9 Å². The monoisotopic (exact) mass is 359 g/mol. The third-order valence-electron chi connectivity index (χ3n) is 5.20. The molecule has 1 aromatic carbocycles. The predicted molar refractivity (Wildman–Crippen MR) is 106 cm³/mol. The Morgan fingerprint density at radius 1 is 1.04 bits per heavy atom. The third-order valence-corrected chi connectivity index (χ3v) is 5.20. The quantitative estimate of drug-likeness (QED) is 0.702. The first-order chi connectivity index (χ1) is 12.3. The second kappa shape index (κ2) is 9.28. The number of nitrogens with zero attached hydrogens (tertiary/aromatic N) is 3. The number of carbonyl (C=O) groups is 2. The van der Waals surface area contributed by atoms with Crippen molar-refractivity contribution in [2.75, 3.05) is 40.3 Å². The van der Waals surface area contributed by atoms with Crippen molar-refractivity contribution in [1.82, 2.24) is 14.7 Å². The van der Waals surface area contributed by atoms with E-state index in [4.69, 9.17) is 0 Å². The summed E-state index contributed by atoms with van der Waals surface area (Å²) in [6.45, 7) is 9.89. The van der Waals surface area contributed by atoms with Gasteiger partial charge >= 0.3 is 0 Å². The van der Waals surface area contributed by atoms with Crippen LogP contribution in [0.1, 0.15) is 42.6 Å². The Balaban J connectivity index is 1.84. The summed E-state index contributed by atoms with van der Waals surface area (Å²) in [7, 11) is 4.17. The molecule has 144 valence electrons. The van der Waals surface area contributed by atoms with Crippen LogP contribution in [0.4, 0.5) is 0 Å². The largest absolute Gasteiger partial charge is 0.340 e. The van der Waals surface area contributed by atoms with E-state index < -0.39 is 0 Å². The fraction of sp³-hybridized carbons (Fsp3) is 0.619. The Labute approximate surface area is 158 Å². The normalized spacial score (nSPS) is 21.2. The highest BCUT2D eigenvalue weighted by Gasteiger charge is 2.31. The Bertz CT molecular complexity index is 600. The fourth-order valence-electron chi connectivity index (χ4n) is 3.58. The van der Waals surface area contributed by atoms with Crippen molar-refractivity contribution in [1.29, 1.82) is 0 Å². The van der Waals surface area contributed by atoms with E-state index in [2.05, 4.69) is 37.7 Å². The summed E-state index contributed by atoms with van der Waals surface area (Å²) < 4.78 is 0. The first kappa shape index (κ1) is 20.6. The van der Waals surface area contributed by atoms with E-state index in [0.29, 0.717) is 24.1 Å². The van der Waals surface area contributed by atoms with Crippen LogP contribution >= 0.6 is 0 Å². The van der Waals surface area contributed by atoms with Gasteiger partial charge < -0.3 is 9.80 Å². The van der Waals surface area contributed by atoms with Crippen LogP contribution in [-0.4, -0.2) is 78.7 Å². The van der Waals surface area contributed by atoms with Crippen molar-refractivity contribution >= 4 is 11.7 Å². The highest BCUT2D eigenvalue weighted by atomic mass is 16.2. The van der Waals surface area contributed by atoms with E-state index in [9.17, 15) is 9.59 Å². The van der Waals surface area contributed by atoms with Gasteiger partial charge in [-0.3, -0.25) is 14.5 Å². The van der Waals surface area contributed by atoms with Crippen LogP contribution in [0.5, 0.6) is 0 Å². The summed E-state index contributed by atoms with van der Waals surface area (Å²) in [4.78, 5) is 31.5. The van der Waals surface area contributed by atoms with Crippen LogP contribution < -0.4 is 0 Å². The minimum Gasteiger partial charge on any atom is -0.340 e. The van der Waals surface area contributed by atoms with Gasteiger partial charge in [0.05, 0.1) is 0 Å². The third kappa shape index (κ3) is 5.64. The number of amides is 1. The van der Waals surface area contributed by atoms with Gasteiger partial charge in [0.25, 0.3) is 0 Å². The Morgan fingerprint density at radius 3 is 2.15 bits per heavy atom. The number of piperazine rings is 1. The fourth-order valence-corrected chi connectivity index (χ4v) is 3.58. The average Bonchev–Trinajstić information content (AvgIpc) is 2.58. The van der Waals surface area contributed by atoms with Gasteiger partial charge in [0, 0.05) is 56.7 Å². The maximum absolute atomic E-state index is 12.6. The molecule has 1 fully saturated rings. The van der Waals surface area contributed by atoms with Gasteiger partial charge in [-0.2, -0.15) is 0 Å². The number of benzene rings is 1. The molecule has 1 aliphatic heterocycles. The molecule has 0 bridgehead atoms. The smallest absolute Gasteiger partial charge is 0.223 e. The first-order valence-corrected chi connectivity index (χ1v) is 9.56. The molecule has 5 nitrogen and oxygen atoms in total. The molecule has 1 aliphatic rings. The molecule has 2 unspecified atom stereocenters. The summed E-state index contributed by atoms with van der Waals surface area (Å²) >= 11 is 0. The Kier molecular flexibility index (Phi) is 7.35. The molecular formula is C21H33N3O2. The summed E-state index contributed by atoms with van der Waals surface area (Å²) in [5.74, 6) is 0.139. The van der Waals surface area contributed by atoms with Crippen molar-refractivity contribution in [2.24, 2.45) is 0 Å². The highest BCUT2D eigenvalue weighted by molar-refractivity contribution is 5.98. The molecule has 1 aromatic rings. The lowest BCUT2D eigenvalue weighted by atomic mass is 10.0. The maximum Gasteiger partial charge on any atom is 0.223 e. The number of carbonyl (C=O) groups excluding carboxylic acids is 2. The Morgan fingerprint density at radius 2 is 1.62 bits per heavy atom. The molecule has 0 N–H and O–H groups in total. The lowest BCUT2D eigenvalue weighted by Crippen LogP contribution is -2.59. The number of Topliss-reactive ketones (excluding diaryl/α,β-unsaturated/α-hetero) is 1. The van der Waals surface area contributed by atoms with E-state index in [1.165, 1.54) is 0 Å². The van der Waals surface area contributed by atoms with Gasteiger partial charge in [0.2, 0.25) is 5.91 Å². The van der Waals surface area contributed by atoms with Crippen molar-refractivity contribution < 1.29 is 9.59 Å². The number of ketones is 1. The molecule has 2 atom stereocenters. The second-order valence-corrected chi connectivity index (χ2v) is 7.83. The number of aryl methyl sites for hydroxylation is 1. The van der Waals surface area contributed by atoms with Crippen molar-refractivity contribution in [3.8, 4) is 0 Å². The van der Waals surface area contributed by atoms with Crippen molar-refractivity contribution in [2.45, 2.75) is 45.7 Å². The number of likely N-dealkylation sites (N-methyl/N-ethyl adjacent to an activating group) is 1. The van der Waals surface area contributed by atoms with Crippen molar-refractivity contribution in [3.05, 3.63) is 35.4 Å². The molecule has 1 saturated heterocycles. The van der Waals surface area contributed by atoms with Crippen LogP contribution in [0.3, 0.4) is 0 Å². The van der Waals surface area contributed by atoms with E-state index in [0.717, 1.165) is 31.7 Å². The van der Waals surface area contributed by atoms with E-state index in [-0.39, 0.29) is 18.1 Å². The minimum absolute atomic E-state index is 0.0454. The summed E-state index contributed by atoms with van der Waals surface area (Å²) in [5, 5.41) is 0. The van der Waals surface area contributed by atoms with Crippen LogP contribution in [0.2, 0.25) is 0 Å². The molecule has 2 rings (SSSR count). The van der Waals surface area contributed by atoms with Gasteiger partial charge in [-0.1, -0.05) is 29.8 Å². The SMILES string of the molecule is Cc1ccc(C(=O)CCC(=O)N2CC(C)N(CCN(C)C)C(C)C2)cc1. The van der Waals surface area contributed by atoms with Gasteiger partial charge in [0.15, 0.2) is 5.78 Å². The first-order valence-electron chi connectivity index (χ1n) is 9.56. The number of rotatable bonds is 7. The molecule has 1 amide bonds. The molecule has 0 spiro atoms. The summed E-state index contributed by atoms with van der Waals surface area (Å²) in [5.41, 5.74) is 1.83. The summed E-state index contributed by atoms with van der Waals surface area (Å²) in [6.07, 6.45) is 0.579. The summed E-state index contributed by atoms with van der Waals surface area (Å²) in [6, 6.07) is 8.24. The molecule has 0 aromatic heterocycles. The molecule has 0 aliphatic carbocycles. The van der Waals surface area contributed by atoms with Gasteiger partial charge in [-0.25, -0.2) is 0 Å². The van der Waals surface area contributed by atoms with E-state index in [1.54, 1.807) is 0 Å². The average molecular weight is 360 g/mol. The molecule has 26 heavy (non-hydrogen) atoms. The lowest BCUT2D eigenvalue weighted by Gasteiger charge is -2.44. The van der Waals surface area contributed by atoms with E-state index in [1.807, 2.05) is 36.1 Å². The topological polar surface area (TPSA) is 43.9 Å². The molecule has 0 saturated carbocycles. The van der Waals surface area contributed by atoms with Crippen LogP contribution in [0, 0.1) is 6.92 Å². The zero-order valence-corrected chi connectivity index (χ0v) is 16.9. The lowest BCUT2D eigenvalue weighted by molar-refractivity contribution is -0.135. The van der Waals surface area contributed by atoms with E-state index >= 15 is 0 Å². The number of hydrogen-bond donors (Lipinski definition) is 0. The molecule has 0 radical (unpaired) electrons. The molecular weight excluding hydrogens is 326 g/mol. The standard InChI is InChI=1S/C21H33N3O2/c1-16-6-8-19(9-7-16)20(25)10-11-21(26)23-14-17(2)24(18(3)15-23)13-12-22(4)5/h6-9,17-18H,10-15H2,1-5H3. The van der Waals surface area contributed by atoms with Gasteiger partial charge in [0.1, 0.15) is 0 Å².